The van der Waals surface area contributed by atoms with Gasteiger partial charge in [0.1, 0.15) is 22.7 Å². The Hall–Kier alpha value is -2.45. The van der Waals surface area contributed by atoms with Crippen molar-refractivity contribution in [2.45, 2.75) is 55.6 Å². The number of hydrogen-bond donors (Lipinski definition) is 1. The molecule has 1 aliphatic rings. The first-order valence-electron chi connectivity index (χ1n) is 9.80. The van der Waals surface area contributed by atoms with E-state index in [0.29, 0.717) is 13.0 Å². The van der Waals surface area contributed by atoms with Gasteiger partial charge in [0.15, 0.2) is 0 Å². The summed E-state index contributed by atoms with van der Waals surface area (Å²) in [6.45, 7) is 5.77. The lowest BCUT2D eigenvalue weighted by Gasteiger charge is -2.26. The van der Waals surface area contributed by atoms with Gasteiger partial charge in [0, 0.05) is 6.07 Å². The largest absolute Gasteiger partial charge is 0.471 e. The minimum absolute atomic E-state index is 0.0300. The highest BCUT2D eigenvalue weighted by molar-refractivity contribution is 7.92. The molecule has 2 atom stereocenters. The van der Waals surface area contributed by atoms with Crippen molar-refractivity contribution in [3.63, 3.8) is 0 Å². The number of rotatable bonds is 6. The maximum atomic E-state index is 14.0. The van der Waals surface area contributed by atoms with Crippen molar-refractivity contribution in [3.8, 4) is 5.75 Å². The number of halogens is 1. The van der Waals surface area contributed by atoms with Crippen molar-refractivity contribution in [2.24, 2.45) is 0 Å². The van der Waals surface area contributed by atoms with Gasteiger partial charge in [-0.3, -0.25) is 0 Å². The van der Waals surface area contributed by atoms with Crippen molar-refractivity contribution < 1.29 is 27.1 Å². The van der Waals surface area contributed by atoms with E-state index in [9.17, 15) is 17.6 Å². The summed E-state index contributed by atoms with van der Waals surface area (Å²) in [5.41, 5.74) is -2.13. The van der Waals surface area contributed by atoms with E-state index in [-0.39, 0.29) is 16.2 Å². The summed E-state index contributed by atoms with van der Waals surface area (Å²) in [6, 6.07) is 10.8. The standard InChI is InChI=1S/C22H26FNO5S/c1-22(2,3)29-20(25)17-12-11-15(23)14-19(17)28-21(18-10-7-13-24-18)30(26,27)16-8-5-4-6-9-16/h4-6,8-9,11-12,14,18,21,24H,7,10,13H2,1-3H3/t18-,21-/m0/s1. The van der Waals surface area contributed by atoms with Gasteiger partial charge < -0.3 is 14.8 Å². The summed E-state index contributed by atoms with van der Waals surface area (Å²) in [5.74, 6) is -1.53. The van der Waals surface area contributed by atoms with Gasteiger partial charge >= 0.3 is 5.97 Å². The maximum Gasteiger partial charge on any atom is 0.342 e. The molecule has 3 rings (SSSR count). The first-order valence-corrected chi connectivity index (χ1v) is 11.3. The Kier molecular flexibility index (Phi) is 6.47. The van der Waals surface area contributed by atoms with Crippen LogP contribution in [0.15, 0.2) is 53.4 Å². The SMILES string of the molecule is CC(C)(C)OC(=O)c1ccc(F)cc1O[C@H]([C@@H]1CCCN1)S(=O)(=O)c1ccccc1. The summed E-state index contributed by atoms with van der Waals surface area (Å²) in [5, 5.41) is 3.14. The fourth-order valence-corrected chi connectivity index (χ4v) is 4.97. The molecule has 8 heteroatoms. The fraction of sp³-hybridized carbons (Fsp3) is 0.409. The van der Waals surface area contributed by atoms with E-state index in [1.54, 1.807) is 39.0 Å². The third-order valence-corrected chi connectivity index (χ3v) is 6.58. The summed E-state index contributed by atoms with van der Waals surface area (Å²) >= 11 is 0. The Bertz CT molecular complexity index is 996. The Labute approximate surface area is 176 Å². The van der Waals surface area contributed by atoms with Crippen LogP contribution < -0.4 is 10.1 Å². The zero-order valence-electron chi connectivity index (χ0n) is 17.2. The fourth-order valence-electron chi connectivity index (χ4n) is 3.27. The topological polar surface area (TPSA) is 81.7 Å². The lowest BCUT2D eigenvalue weighted by Crippen LogP contribution is -2.44. The number of carbonyl (C=O) groups excluding carboxylic acids is 1. The van der Waals surface area contributed by atoms with Crippen LogP contribution in [0.25, 0.3) is 0 Å². The first-order chi connectivity index (χ1) is 14.1. The molecular weight excluding hydrogens is 409 g/mol. The molecule has 162 valence electrons. The van der Waals surface area contributed by atoms with Crippen LogP contribution in [0.2, 0.25) is 0 Å². The molecular formula is C22H26FNO5S. The third-order valence-electron chi connectivity index (χ3n) is 4.61. The summed E-state index contributed by atoms with van der Waals surface area (Å²) in [6.07, 6.45) is 1.37. The first kappa shape index (κ1) is 22.2. The van der Waals surface area contributed by atoms with E-state index >= 15 is 0 Å². The van der Waals surface area contributed by atoms with Gasteiger partial charge in [-0.15, -0.1) is 0 Å². The molecule has 1 heterocycles. The molecule has 2 aromatic rings. The highest BCUT2D eigenvalue weighted by atomic mass is 32.2. The number of ether oxygens (including phenoxy) is 2. The van der Waals surface area contributed by atoms with Gasteiger partial charge in [0.2, 0.25) is 15.3 Å². The Morgan fingerprint density at radius 1 is 1.17 bits per heavy atom. The van der Waals surface area contributed by atoms with Gasteiger partial charge in [0.05, 0.1) is 10.9 Å². The maximum absolute atomic E-state index is 14.0. The van der Waals surface area contributed by atoms with Gasteiger partial charge in [-0.1, -0.05) is 18.2 Å². The molecule has 0 unspecified atom stereocenters. The molecule has 0 saturated carbocycles. The van der Waals surface area contributed by atoms with Crippen LogP contribution >= 0.6 is 0 Å². The van der Waals surface area contributed by atoms with E-state index < -0.39 is 38.7 Å². The quantitative estimate of drug-likeness (QED) is 0.697. The molecule has 0 spiro atoms. The van der Waals surface area contributed by atoms with Crippen LogP contribution in [0, 0.1) is 5.82 Å². The molecule has 0 radical (unpaired) electrons. The summed E-state index contributed by atoms with van der Waals surface area (Å²) < 4.78 is 51.9. The molecule has 6 nitrogen and oxygen atoms in total. The van der Waals surface area contributed by atoms with E-state index in [1.807, 2.05) is 0 Å². The average Bonchev–Trinajstić information content (AvgIpc) is 3.19. The summed E-state index contributed by atoms with van der Waals surface area (Å²) in [4.78, 5) is 12.7. The molecule has 1 fully saturated rings. The predicted octanol–water partition coefficient (Wildman–Crippen LogP) is 3.71. The predicted molar refractivity (Wildman–Crippen MR) is 111 cm³/mol. The van der Waals surface area contributed by atoms with Crippen LogP contribution in [0.1, 0.15) is 44.0 Å². The van der Waals surface area contributed by atoms with Crippen LogP contribution in [-0.2, 0) is 14.6 Å². The molecule has 0 aromatic heterocycles. The smallest absolute Gasteiger partial charge is 0.342 e. The summed E-state index contributed by atoms with van der Waals surface area (Å²) in [7, 11) is -3.93. The van der Waals surface area contributed by atoms with E-state index in [2.05, 4.69) is 5.32 Å². The molecule has 1 saturated heterocycles. The molecule has 30 heavy (non-hydrogen) atoms. The van der Waals surface area contributed by atoms with E-state index in [0.717, 1.165) is 18.6 Å². The minimum Gasteiger partial charge on any atom is -0.471 e. The van der Waals surface area contributed by atoms with Crippen LogP contribution in [0.4, 0.5) is 4.39 Å². The zero-order valence-corrected chi connectivity index (χ0v) is 18.0. The second-order valence-electron chi connectivity index (χ2n) is 8.19. The monoisotopic (exact) mass is 435 g/mol. The molecule has 0 bridgehead atoms. The molecule has 1 N–H and O–H groups in total. The lowest BCUT2D eigenvalue weighted by molar-refractivity contribution is 0.00646. The molecule has 2 aromatic carbocycles. The number of hydrogen-bond acceptors (Lipinski definition) is 6. The lowest BCUT2D eigenvalue weighted by atomic mass is 10.1. The van der Waals surface area contributed by atoms with Crippen LogP contribution in [-0.4, -0.2) is 38.0 Å². The number of benzene rings is 2. The second-order valence-corrected chi connectivity index (χ2v) is 10.2. The minimum atomic E-state index is -3.93. The van der Waals surface area contributed by atoms with Crippen molar-refractivity contribution in [1.29, 1.82) is 0 Å². The van der Waals surface area contributed by atoms with Crippen LogP contribution in [0.5, 0.6) is 5.75 Å². The van der Waals surface area contributed by atoms with E-state index in [4.69, 9.17) is 9.47 Å². The van der Waals surface area contributed by atoms with Crippen molar-refractivity contribution >= 4 is 15.8 Å². The molecule has 0 amide bonds. The number of carbonyl (C=O) groups is 1. The number of sulfone groups is 1. The second kappa shape index (κ2) is 8.73. The highest BCUT2D eigenvalue weighted by Crippen LogP contribution is 2.30. The van der Waals surface area contributed by atoms with Gasteiger partial charge in [-0.25, -0.2) is 17.6 Å². The van der Waals surface area contributed by atoms with Crippen molar-refractivity contribution in [1.82, 2.24) is 5.32 Å². The van der Waals surface area contributed by atoms with Crippen LogP contribution in [0.3, 0.4) is 0 Å². The zero-order chi connectivity index (χ0) is 21.9. The molecule has 1 aliphatic heterocycles. The Morgan fingerprint density at radius 2 is 1.87 bits per heavy atom. The van der Waals surface area contributed by atoms with Gasteiger partial charge in [0.25, 0.3) is 0 Å². The number of esters is 1. The highest BCUT2D eigenvalue weighted by Gasteiger charge is 2.39. The van der Waals surface area contributed by atoms with Gasteiger partial charge in [-0.2, -0.15) is 0 Å². The normalized spacial score (nSPS) is 18.1. The van der Waals surface area contributed by atoms with E-state index in [1.165, 1.54) is 18.2 Å². The van der Waals surface area contributed by atoms with Crippen molar-refractivity contribution in [3.05, 3.63) is 59.9 Å². The van der Waals surface area contributed by atoms with Gasteiger partial charge in [-0.05, 0) is 64.4 Å². The third kappa shape index (κ3) is 5.17. The Balaban J connectivity index is 2.01. The van der Waals surface area contributed by atoms with Crippen molar-refractivity contribution in [2.75, 3.05) is 6.54 Å². The number of nitrogens with one attached hydrogen (secondary N) is 1. The Morgan fingerprint density at radius 3 is 2.47 bits per heavy atom. The average molecular weight is 436 g/mol. The molecule has 0 aliphatic carbocycles.